The normalized spacial score (nSPS) is 14.1. The van der Waals surface area contributed by atoms with E-state index in [-0.39, 0.29) is 5.91 Å². The second-order valence-corrected chi connectivity index (χ2v) is 7.53. The van der Waals surface area contributed by atoms with Gasteiger partial charge in [-0.25, -0.2) is 9.97 Å². The first-order valence-corrected chi connectivity index (χ1v) is 9.38. The van der Waals surface area contributed by atoms with E-state index in [4.69, 9.17) is 10.7 Å². The molecule has 0 aromatic carbocycles. The van der Waals surface area contributed by atoms with E-state index >= 15 is 0 Å². The number of thiophene rings is 1. The first-order valence-electron chi connectivity index (χ1n) is 8.56. The van der Waals surface area contributed by atoms with Crippen LogP contribution >= 0.6 is 11.3 Å². The molecule has 0 saturated heterocycles. The molecule has 0 atom stereocenters. The number of rotatable bonds is 2. The molecule has 1 aliphatic carbocycles. The fourth-order valence-electron chi connectivity index (χ4n) is 3.22. The number of nitrogens with one attached hydrogen (secondary N) is 1. The summed E-state index contributed by atoms with van der Waals surface area (Å²) in [4.78, 5) is 23.0. The summed E-state index contributed by atoms with van der Waals surface area (Å²) < 4.78 is 0. The number of carbonyl (C=O) groups excluding carboxylic acids is 1. The van der Waals surface area contributed by atoms with Gasteiger partial charge in [-0.1, -0.05) is 12.5 Å². The Morgan fingerprint density at radius 1 is 1.24 bits per heavy atom. The Morgan fingerprint density at radius 3 is 2.88 bits per heavy atom. The van der Waals surface area contributed by atoms with Crippen molar-refractivity contribution in [2.45, 2.75) is 39.0 Å². The van der Waals surface area contributed by atoms with Gasteiger partial charge < -0.3 is 11.1 Å². The molecular formula is C19H20N4OS. The number of fused-ring (bicyclic) bond motifs is 2. The molecule has 3 heterocycles. The molecule has 0 fully saturated rings. The van der Waals surface area contributed by atoms with Crippen molar-refractivity contribution in [1.82, 2.24) is 9.97 Å². The summed E-state index contributed by atoms with van der Waals surface area (Å²) in [5.74, 6) is 0.295. The van der Waals surface area contributed by atoms with Crippen molar-refractivity contribution in [2.75, 3.05) is 11.1 Å². The minimum absolute atomic E-state index is 0.230. The van der Waals surface area contributed by atoms with Crippen LogP contribution in [0.25, 0.3) is 10.2 Å². The van der Waals surface area contributed by atoms with Crippen molar-refractivity contribution in [3.05, 3.63) is 46.1 Å². The van der Waals surface area contributed by atoms with E-state index < -0.39 is 0 Å². The molecule has 0 bridgehead atoms. The molecule has 3 N–H and O–H groups in total. The van der Waals surface area contributed by atoms with Crippen LogP contribution in [0.3, 0.4) is 0 Å². The van der Waals surface area contributed by atoms with Crippen molar-refractivity contribution < 1.29 is 4.79 Å². The molecule has 25 heavy (non-hydrogen) atoms. The van der Waals surface area contributed by atoms with Gasteiger partial charge in [0.2, 0.25) is 0 Å². The lowest BCUT2D eigenvalue weighted by Gasteiger charge is -2.05. The topological polar surface area (TPSA) is 80.9 Å². The maximum atomic E-state index is 12.6. The van der Waals surface area contributed by atoms with Crippen molar-refractivity contribution >= 4 is 39.0 Å². The lowest BCUT2D eigenvalue weighted by Crippen LogP contribution is -2.12. The van der Waals surface area contributed by atoms with Gasteiger partial charge in [-0.2, -0.15) is 0 Å². The molecule has 6 heteroatoms. The SMILES string of the molecule is Cc1ccc(NC(=O)c2sc3nc4c(cc3c2N)CCCCC4)nc1. The molecule has 3 aromatic heterocycles. The van der Waals surface area contributed by atoms with Gasteiger partial charge in [0.15, 0.2) is 0 Å². The number of hydrogen-bond donors (Lipinski definition) is 2. The van der Waals surface area contributed by atoms with Crippen LogP contribution in [0.5, 0.6) is 0 Å². The quantitative estimate of drug-likeness (QED) is 0.680. The molecule has 0 unspecified atom stereocenters. The first kappa shape index (κ1) is 16.0. The summed E-state index contributed by atoms with van der Waals surface area (Å²) in [6.45, 7) is 1.96. The highest BCUT2D eigenvalue weighted by atomic mass is 32.1. The third-order valence-corrected chi connectivity index (χ3v) is 5.72. The summed E-state index contributed by atoms with van der Waals surface area (Å²) in [5.41, 5.74) is 10.3. The van der Waals surface area contributed by atoms with Gasteiger partial charge in [0.1, 0.15) is 15.5 Å². The van der Waals surface area contributed by atoms with Crippen LogP contribution in [0.1, 0.15) is 45.8 Å². The number of anilines is 2. The Morgan fingerprint density at radius 2 is 2.08 bits per heavy atom. The predicted molar refractivity (Wildman–Crippen MR) is 102 cm³/mol. The van der Waals surface area contributed by atoms with Crippen molar-refractivity contribution in [3.8, 4) is 0 Å². The van der Waals surface area contributed by atoms with Crippen molar-refractivity contribution in [1.29, 1.82) is 0 Å². The van der Waals surface area contributed by atoms with Gasteiger partial charge in [-0.05, 0) is 55.9 Å². The summed E-state index contributed by atoms with van der Waals surface area (Å²) in [5, 5.41) is 3.72. The summed E-state index contributed by atoms with van der Waals surface area (Å²) >= 11 is 1.36. The molecule has 3 aromatic rings. The van der Waals surface area contributed by atoms with Gasteiger partial charge in [-0.15, -0.1) is 11.3 Å². The standard InChI is InChI=1S/C19H20N4OS/c1-11-7-8-15(21-10-11)23-18(24)17-16(20)13-9-12-5-3-2-4-6-14(12)22-19(13)25-17/h7-10H,2-6,20H2,1H3,(H,21,23,24). The Kier molecular flexibility index (Phi) is 4.13. The zero-order chi connectivity index (χ0) is 17.4. The van der Waals surface area contributed by atoms with Crippen LogP contribution in [0, 0.1) is 6.92 Å². The largest absolute Gasteiger partial charge is 0.397 e. The summed E-state index contributed by atoms with van der Waals surface area (Å²) in [6, 6.07) is 5.84. The summed E-state index contributed by atoms with van der Waals surface area (Å²) in [6.07, 6.45) is 7.40. The van der Waals surface area contributed by atoms with Gasteiger partial charge in [0.05, 0.1) is 5.69 Å². The molecule has 1 amide bonds. The van der Waals surface area contributed by atoms with Crippen LogP contribution in [0.15, 0.2) is 24.4 Å². The Balaban J connectivity index is 1.68. The van der Waals surface area contributed by atoms with Gasteiger partial charge >= 0.3 is 0 Å². The molecule has 1 aliphatic rings. The number of hydrogen-bond acceptors (Lipinski definition) is 5. The second-order valence-electron chi connectivity index (χ2n) is 6.53. The van der Waals surface area contributed by atoms with Gasteiger partial charge in [-0.3, -0.25) is 4.79 Å². The number of amides is 1. The highest BCUT2D eigenvalue weighted by molar-refractivity contribution is 7.21. The molecule has 0 saturated carbocycles. The maximum absolute atomic E-state index is 12.6. The van der Waals surface area contributed by atoms with Crippen LogP contribution in [0.4, 0.5) is 11.5 Å². The van der Waals surface area contributed by atoms with E-state index in [1.807, 2.05) is 13.0 Å². The zero-order valence-corrected chi connectivity index (χ0v) is 14.9. The lowest BCUT2D eigenvalue weighted by molar-refractivity contribution is 0.103. The first-order chi connectivity index (χ1) is 12.1. The molecule has 0 aliphatic heterocycles. The molecular weight excluding hydrogens is 332 g/mol. The van der Waals surface area contributed by atoms with Crippen LogP contribution in [-0.4, -0.2) is 15.9 Å². The Hall–Kier alpha value is -2.47. The molecule has 5 nitrogen and oxygen atoms in total. The number of nitrogens with two attached hydrogens (primary N) is 1. The average molecular weight is 352 g/mol. The predicted octanol–water partition coefficient (Wildman–Crippen LogP) is 4.10. The monoisotopic (exact) mass is 352 g/mol. The van der Waals surface area contributed by atoms with Gasteiger partial charge in [0.25, 0.3) is 5.91 Å². The van der Waals surface area contributed by atoms with Crippen molar-refractivity contribution in [2.24, 2.45) is 0 Å². The van der Waals surface area contributed by atoms with Crippen molar-refractivity contribution in [3.63, 3.8) is 0 Å². The number of carbonyl (C=O) groups is 1. The number of nitrogens with zero attached hydrogens (tertiary/aromatic N) is 2. The average Bonchev–Trinajstić information content (AvgIpc) is 2.78. The Bertz CT molecular complexity index is 946. The number of aryl methyl sites for hydroxylation is 3. The van der Waals surface area contributed by atoms with E-state index in [9.17, 15) is 4.79 Å². The van der Waals surface area contributed by atoms with Gasteiger partial charge in [0, 0.05) is 17.3 Å². The molecule has 0 radical (unpaired) electrons. The minimum atomic E-state index is -0.230. The van der Waals surface area contributed by atoms with Crippen LogP contribution < -0.4 is 11.1 Å². The summed E-state index contributed by atoms with van der Waals surface area (Å²) in [7, 11) is 0. The number of aromatic nitrogens is 2. The minimum Gasteiger partial charge on any atom is -0.397 e. The third kappa shape index (κ3) is 3.09. The zero-order valence-electron chi connectivity index (χ0n) is 14.1. The third-order valence-electron chi connectivity index (χ3n) is 4.61. The lowest BCUT2D eigenvalue weighted by atomic mass is 10.1. The number of nitrogen functional groups attached to an aromatic ring is 1. The Labute approximate surface area is 150 Å². The molecule has 4 rings (SSSR count). The van der Waals surface area contributed by atoms with E-state index in [1.54, 1.807) is 12.3 Å². The van der Waals surface area contributed by atoms with E-state index in [1.165, 1.54) is 41.9 Å². The van der Waals surface area contributed by atoms with Crippen LogP contribution in [0.2, 0.25) is 0 Å². The fourth-order valence-corrected chi connectivity index (χ4v) is 4.21. The molecule has 128 valence electrons. The van der Waals surface area contributed by atoms with E-state index in [0.29, 0.717) is 16.4 Å². The fraction of sp³-hybridized carbons (Fsp3) is 0.316. The maximum Gasteiger partial charge on any atom is 0.269 e. The number of pyridine rings is 2. The highest BCUT2D eigenvalue weighted by Crippen LogP contribution is 2.35. The van der Waals surface area contributed by atoms with E-state index in [2.05, 4.69) is 16.4 Å². The second kappa shape index (κ2) is 6.44. The van der Waals surface area contributed by atoms with E-state index in [0.717, 1.165) is 28.6 Å². The smallest absolute Gasteiger partial charge is 0.269 e. The highest BCUT2D eigenvalue weighted by Gasteiger charge is 2.20. The van der Waals surface area contributed by atoms with Crippen LogP contribution in [-0.2, 0) is 12.8 Å². The molecule has 0 spiro atoms.